The lowest BCUT2D eigenvalue weighted by molar-refractivity contribution is -0.147. The third-order valence-electron chi connectivity index (χ3n) is 5.09. The zero-order valence-corrected chi connectivity index (χ0v) is 12.9. The Morgan fingerprint density at radius 1 is 1.24 bits per heavy atom. The summed E-state index contributed by atoms with van der Waals surface area (Å²) in [6.07, 6.45) is 5.73. The molecular weight excluding hydrogens is 262 g/mol. The fourth-order valence-corrected chi connectivity index (χ4v) is 3.87. The van der Waals surface area contributed by atoms with Gasteiger partial charge in [0, 0.05) is 6.54 Å². The molecule has 0 spiro atoms. The summed E-state index contributed by atoms with van der Waals surface area (Å²) in [4.78, 5) is 14.1. The number of methoxy groups -OCH3 is 1. The Morgan fingerprint density at radius 2 is 2.00 bits per heavy atom. The fourth-order valence-electron chi connectivity index (χ4n) is 3.87. The van der Waals surface area contributed by atoms with Crippen molar-refractivity contribution in [3.8, 4) is 0 Å². The van der Waals surface area contributed by atoms with E-state index < -0.39 is 0 Å². The van der Waals surface area contributed by atoms with Gasteiger partial charge in [-0.15, -0.1) is 0 Å². The predicted molar refractivity (Wildman–Crippen MR) is 83.3 cm³/mol. The minimum Gasteiger partial charge on any atom is -0.469 e. The molecule has 1 heterocycles. The molecule has 1 saturated heterocycles. The quantitative estimate of drug-likeness (QED) is 0.800. The Bertz CT molecular complexity index is 492. The molecule has 114 valence electrons. The Hall–Kier alpha value is -1.35. The summed E-state index contributed by atoms with van der Waals surface area (Å²) < 4.78 is 4.86. The summed E-state index contributed by atoms with van der Waals surface area (Å²) in [7, 11) is 1.49. The van der Waals surface area contributed by atoms with Crippen molar-refractivity contribution in [1.82, 2.24) is 4.90 Å². The SMILES string of the molecule is COC(=O)C1CCN(CC2CCCc3ccccc32)CC1. The van der Waals surface area contributed by atoms with Gasteiger partial charge in [0.2, 0.25) is 0 Å². The first-order valence-electron chi connectivity index (χ1n) is 8.16. The standard InChI is InChI=1S/C18H25NO2/c1-21-18(20)15-9-11-19(12-10-15)13-16-7-4-6-14-5-2-3-8-17(14)16/h2-3,5,8,15-16H,4,6-7,9-13H2,1H3. The molecule has 0 radical (unpaired) electrons. The van der Waals surface area contributed by atoms with Crippen LogP contribution in [0.1, 0.15) is 42.7 Å². The molecule has 1 aliphatic heterocycles. The number of hydrogen-bond donors (Lipinski definition) is 0. The molecule has 0 N–H and O–H groups in total. The average Bonchev–Trinajstić information content (AvgIpc) is 2.55. The summed E-state index contributed by atoms with van der Waals surface area (Å²) in [5, 5.41) is 0. The smallest absolute Gasteiger partial charge is 0.308 e. The molecule has 2 aliphatic rings. The van der Waals surface area contributed by atoms with Crippen molar-refractivity contribution in [2.24, 2.45) is 5.92 Å². The maximum Gasteiger partial charge on any atom is 0.308 e. The average molecular weight is 287 g/mol. The molecule has 0 saturated carbocycles. The van der Waals surface area contributed by atoms with Gasteiger partial charge >= 0.3 is 5.97 Å². The zero-order chi connectivity index (χ0) is 14.7. The maximum absolute atomic E-state index is 11.6. The minimum atomic E-state index is -0.0299. The number of carbonyl (C=O) groups is 1. The van der Waals surface area contributed by atoms with Crippen LogP contribution in [0.2, 0.25) is 0 Å². The van der Waals surface area contributed by atoms with Gasteiger partial charge in [0.15, 0.2) is 0 Å². The molecule has 1 fully saturated rings. The summed E-state index contributed by atoms with van der Waals surface area (Å²) >= 11 is 0. The van der Waals surface area contributed by atoms with Gasteiger partial charge in [-0.05, 0) is 62.2 Å². The first-order chi connectivity index (χ1) is 10.3. The number of carbonyl (C=O) groups excluding carboxylic acids is 1. The number of fused-ring (bicyclic) bond motifs is 1. The number of esters is 1. The predicted octanol–water partition coefficient (Wildman–Crippen LogP) is 2.99. The third-order valence-corrected chi connectivity index (χ3v) is 5.09. The first kappa shape index (κ1) is 14.6. The van der Waals surface area contributed by atoms with Crippen molar-refractivity contribution in [1.29, 1.82) is 0 Å². The van der Waals surface area contributed by atoms with Crippen LogP contribution < -0.4 is 0 Å². The van der Waals surface area contributed by atoms with Crippen LogP contribution >= 0.6 is 0 Å². The van der Waals surface area contributed by atoms with Crippen LogP contribution in [0.25, 0.3) is 0 Å². The van der Waals surface area contributed by atoms with Gasteiger partial charge in [-0.3, -0.25) is 4.79 Å². The molecule has 1 aliphatic carbocycles. The molecule has 0 bridgehead atoms. The number of likely N-dealkylation sites (tertiary alicyclic amines) is 1. The van der Waals surface area contributed by atoms with Crippen molar-refractivity contribution in [2.45, 2.75) is 38.0 Å². The van der Waals surface area contributed by atoms with Gasteiger partial charge in [0.25, 0.3) is 0 Å². The Morgan fingerprint density at radius 3 is 2.76 bits per heavy atom. The highest BCUT2D eigenvalue weighted by Gasteiger charge is 2.28. The summed E-state index contributed by atoms with van der Waals surface area (Å²) in [5.41, 5.74) is 3.09. The molecule has 0 aromatic heterocycles. The summed E-state index contributed by atoms with van der Waals surface area (Å²) in [6, 6.07) is 8.91. The van der Waals surface area contributed by atoms with Crippen LogP contribution in [0, 0.1) is 5.92 Å². The van der Waals surface area contributed by atoms with Crippen LogP contribution in [0.3, 0.4) is 0 Å². The van der Waals surface area contributed by atoms with Crippen LogP contribution in [0.15, 0.2) is 24.3 Å². The largest absolute Gasteiger partial charge is 0.469 e. The molecule has 21 heavy (non-hydrogen) atoms. The second-order valence-electron chi connectivity index (χ2n) is 6.39. The second-order valence-corrected chi connectivity index (χ2v) is 6.39. The van der Waals surface area contributed by atoms with Gasteiger partial charge in [-0.1, -0.05) is 24.3 Å². The van der Waals surface area contributed by atoms with Crippen LogP contribution in [0.4, 0.5) is 0 Å². The fraction of sp³-hybridized carbons (Fsp3) is 0.611. The number of nitrogens with zero attached hydrogens (tertiary/aromatic N) is 1. The number of rotatable bonds is 3. The van der Waals surface area contributed by atoms with Crippen molar-refractivity contribution < 1.29 is 9.53 Å². The second kappa shape index (κ2) is 6.61. The number of ether oxygens (including phenoxy) is 1. The summed E-state index contributed by atoms with van der Waals surface area (Å²) in [6.45, 7) is 3.20. The maximum atomic E-state index is 11.6. The van der Waals surface area contributed by atoms with Crippen molar-refractivity contribution in [3.05, 3.63) is 35.4 Å². The van der Waals surface area contributed by atoms with Crippen LogP contribution in [-0.4, -0.2) is 37.6 Å². The third kappa shape index (κ3) is 3.29. The van der Waals surface area contributed by atoms with E-state index in [4.69, 9.17) is 4.74 Å². The van der Waals surface area contributed by atoms with Crippen molar-refractivity contribution in [2.75, 3.05) is 26.7 Å². The number of benzene rings is 1. The highest BCUT2D eigenvalue weighted by Crippen LogP contribution is 2.33. The molecule has 0 amide bonds. The molecule has 3 rings (SSSR count). The van der Waals surface area contributed by atoms with Gasteiger partial charge in [-0.2, -0.15) is 0 Å². The lowest BCUT2D eigenvalue weighted by Crippen LogP contribution is -2.39. The highest BCUT2D eigenvalue weighted by molar-refractivity contribution is 5.72. The molecule has 1 aromatic rings. The molecule has 1 atom stereocenters. The van der Waals surface area contributed by atoms with Gasteiger partial charge in [-0.25, -0.2) is 0 Å². The lowest BCUT2D eigenvalue weighted by Gasteiger charge is -2.35. The number of aryl methyl sites for hydroxylation is 1. The van der Waals surface area contributed by atoms with E-state index in [-0.39, 0.29) is 11.9 Å². The monoisotopic (exact) mass is 287 g/mol. The van der Waals surface area contributed by atoms with E-state index in [0.29, 0.717) is 5.92 Å². The van der Waals surface area contributed by atoms with E-state index in [0.717, 1.165) is 32.5 Å². The minimum absolute atomic E-state index is 0.0299. The molecule has 3 nitrogen and oxygen atoms in total. The Balaban J connectivity index is 1.58. The lowest BCUT2D eigenvalue weighted by atomic mass is 9.82. The van der Waals surface area contributed by atoms with Gasteiger partial charge in [0.05, 0.1) is 13.0 Å². The van der Waals surface area contributed by atoms with Crippen LogP contribution in [-0.2, 0) is 16.0 Å². The zero-order valence-electron chi connectivity index (χ0n) is 12.9. The first-order valence-corrected chi connectivity index (χ1v) is 8.16. The Kier molecular flexibility index (Phi) is 4.59. The summed E-state index contributed by atoms with van der Waals surface area (Å²) in [5.74, 6) is 0.757. The molecule has 1 aromatic carbocycles. The molecule has 1 unspecified atom stereocenters. The molecule has 3 heteroatoms. The Labute approximate surface area is 127 Å². The van der Waals surface area contributed by atoms with Crippen LogP contribution in [0.5, 0.6) is 0 Å². The van der Waals surface area contributed by atoms with E-state index in [9.17, 15) is 4.79 Å². The number of piperidine rings is 1. The van der Waals surface area contributed by atoms with E-state index in [2.05, 4.69) is 29.2 Å². The highest BCUT2D eigenvalue weighted by atomic mass is 16.5. The molecular formula is C18H25NO2. The van der Waals surface area contributed by atoms with Crippen molar-refractivity contribution in [3.63, 3.8) is 0 Å². The van der Waals surface area contributed by atoms with E-state index in [1.54, 1.807) is 5.56 Å². The van der Waals surface area contributed by atoms with E-state index >= 15 is 0 Å². The topological polar surface area (TPSA) is 29.5 Å². The van der Waals surface area contributed by atoms with Gasteiger partial charge < -0.3 is 9.64 Å². The normalized spacial score (nSPS) is 23.6. The van der Waals surface area contributed by atoms with E-state index in [1.807, 2.05) is 0 Å². The van der Waals surface area contributed by atoms with Gasteiger partial charge in [0.1, 0.15) is 0 Å². The van der Waals surface area contributed by atoms with E-state index in [1.165, 1.54) is 31.9 Å². The van der Waals surface area contributed by atoms with Crippen molar-refractivity contribution >= 4 is 5.97 Å². The number of hydrogen-bond acceptors (Lipinski definition) is 3.